The number of benzene rings is 1. The molecule has 0 fully saturated rings. The van der Waals surface area contributed by atoms with Gasteiger partial charge in [0, 0.05) is 36.0 Å². The van der Waals surface area contributed by atoms with E-state index in [9.17, 15) is 4.79 Å². The van der Waals surface area contributed by atoms with Gasteiger partial charge in [-0.15, -0.1) is 5.10 Å². The topological polar surface area (TPSA) is 102 Å². The highest BCUT2D eigenvalue weighted by atomic mass is 16.5. The lowest BCUT2D eigenvalue weighted by atomic mass is 10.2. The van der Waals surface area contributed by atoms with Crippen LogP contribution in [-0.4, -0.2) is 38.9 Å². The van der Waals surface area contributed by atoms with Gasteiger partial charge < -0.3 is 18.6 Å². The minimum absolute atomic E-state index is 0.232. The predicted octanol–water partition coefficient (Wildman–Crippen LogP) is 4.76. The number of nitrogens with zero attached hydrogens (tertiary/aromatic N) is 4. The minimum Gasteiger partial charge on any atom is -0.477 e. The lowest BCUT2D eigenvalue weighted by molar-refractivity contribution is -0.143. The molecular formula is C27H30N4O5. The van der Waals surface area contributed by atoms with Gasteiger partial charge >= 0.3 is 5.97 Å². The fourth-order valence-corrected chi connectivity index (χ4v) is 3.61. The molecule has 188 valence electrons. The third-order valence-electron chi connectivity index (χ3n) is 5.40. The molecule has 0 saturated heterocycles. The van der Waals surface area contributed by atoms with E-state index in [-0.39, 0.29) is 19.0 Å². The summed E-state index contributed by atoms with van der Waals surface area (Å²) in [6.07, 6.45) is 4.44. The van der Waals surface area contributed by atoms with E-state index >= 15 is 0 Å². The molecule has 3 aromatic heterocycles. The Morgan fingerprint density at radius 1 is 1.06 bits per heavy atom. The van der Waals surface area contributed by atoms with E-state index in [1.807, 2.05) is 62.5 Å². The largest absolute Gasteiger partial charge is 0.477 e. The van der Waals surface area contributed by atoms with Crippen molar-refractivity contribution < 1.29 is 23.4 Å². The average Bonchev–Trinajstić information content (AvgIpc) is 3.45. The zero-order valence-corrected chi connectivity index (χ0v) is 20.8. The van der Waals surface area contributed by atoms with E-state index < -0.39 is 0 Å². The van der Waals surface area contributed by atoms with Crippen molar-refractivity contribution in [3.05, 3.63) is 77.4 Å². The summed E-state index contributed by atoms with van der Waals surface area (Å²) in [7, 11) is 0. The number of ether oxygens (including phenoxy) is 3. The normalized spacial score (nSPS) is 10.9. The number of aromatic nitrogens is 4. The van der Waals surface area contributed by atoms with E-state index in [2.05, 4.69) is 15.1 Å². The molecule has 0 N–H and O–H groups in total. The second kappa shape index (κ2) is 12.0. The summed E-state index contributed by atoms with van der Waals surface area (Å²) in [5.74, 6) is 2.08. The van der Waals surface area contributed by atoms with Gasteiger partial charge in [-0.05, 0) is 44.9 Å². The molecular weight excluding hydrogens is 460 g/mol. The summed E-state index contributed by atoms with van der Waals surface area (Å²) < 4.78 is 24.1. The highest BCUT2D eigenvalue weighted by Crippen LogP contribution is 2.23. The number of hydrogen-bond donors (Lipinski definition) is 0. The van der Waals surface area contributed by atoms with E-state index in [0.29, 0.717) is 49.6 Å². The van der Waals surface area contributed by atoms with Crippen LogP contribution in [0.25, 0.3) is 11.5 Å². The summed E-state index contributed by atoms with van der Waals surface area (Å²) >= 11 is 0. The Kier molecular flexibility index (Phi) is 8.33. The summed E-state index contributed by atoms with van der Waals surface area (Å²) in [4.78, 5) is 20.7. The van der Waals surface area contributed by atoms with Gasteiger partial charge in [0.25, 0.3) is 0 Å². The van der Waals surface area contributed by atoms with Crippen molar-refractivity contribution in [1.29, 1.82) is 0 Å². The molecule has 0 radical (unpaired) electrons. The van der Waals surface area contributed by atoms with Crippen molar-refractivity contribution in [3.63, 3.8) is 0 Å². The first-order valence-electron chi connectivity index (χ1n) is 12.0. The highest BCUT2D eigenvalue weighted by molar-refractivity contribution is 5.69. The van der Waals surface area contributed by atoms with Crippen molar-refractivity contribution >= 4 is 5.97 Å². The van der Waals surface area contributed by atoms with E-state index in [1.54, 1.807) is 17.8 Å². The maximum Gasteiger partial charge on any atom is 0.306 e. The summed E-state index contributed by atoms with van der Waals surface area (Å²) in [6.45, 7) is 7.20. The second-order valence-corrected chi connectivity index (χ2v) is 8.08. The molecule has 0 saturated carbocycles. The molecule has 9 nitrogen and oxygen atoms in total. The van der Waals surface area contributed by atoms with E-state index in [0.717, 1.165) is 22.4 Å². The molecule has 1 aromatic carbocycles. The van der Waals surface area contributed by atoms with Crippen LogP contribution in [0.15, 0.2) is 59.3 Å². The van der Waals surface area contributed by atoms with Crippen LogP contribution >= 0.6 is 0 Å². The summed E-state index contributed by atoms with van der Waals surface area (Å²) in [5, 5.41) is 4.52. The molecule has 36 heavy (non-hydrogen) atoms. The number of pyridine rings is 1. The fourth-order valence-electron chi connectivity index (χ4n) is 3.61. The molecule has 0 bridgehead atoms. The first-order valence-corrected chi connectivity index (χ1v) is 12.0. The number of rotatable bonds is 12. The first-order chi connectivity index (χ1) is 17.6. The lowest BCUT2D eigenvalue weighted by Crippen LogP contribution is -2.05. The van der Waals surface area contributed by atoms with Crippen molar-refractivity contribution in [3.8, 4) is 23.2 Å². The van der Waals surface area contributed by atoms with Crippen molar-refractivity contribution in [2.75, 3.05) is 13.2 Å². The zero-order valence-electron chi connectivity index (χ0n) is 20.8. The molecule has 3 heterocycles. The maximum absolute atomic E-state index is 11.7. The zero-order chi connectivity index (χ0) is 25.3. The fraction of sp³-hybridized carbons (Fsp3) is 0.333. The standard InChI is InChI=1S/C27H30N4O5/c1-4-33-25(32)14-12-22-17-31(30-27(22)34-5-2)16-20-11-13-24(28-15-20)35-18-23-19(3)36-26(29-23)21-9-7-6-8-10-21/h6-11,13,15,17H,4-5,12,14,16,18H2,1-3H3. The van der Waals surface area contributed by atoms with Gasteiger partial charge in [-0.1, -0.05) is 24.3 Å². The van der Waals surface area contributed by atoms with Gasteiger partial charge in [-0.25, -0.2) is 9.97 Å². The average molecular weight is 491 g/mol. The highest BCUT2D eigenvalue weighted by Gasteiger charge is 2.14. The smallest absolute Gasteiger partial charge is 0.306 e. The Bertz CT molecular complexity index is 1270. The number of oxazole rings is 1. The third-order valence-corrected chi connectivity index (χ3v) is 5.40. The second-order valence-electron chi connectivity index (χ2n) is 8.08. The van der Waals surface area contributed by atoms with Gasteiger partial charge in [0.15, 0.2) is 0 Å². The molecule has 0 aliphatic heterocycles. The summed E-state index contributed by atoms with van der Waals surface area (Å²) in [5.41, 5.74) is 3.48. The molecule has 0 amide bonds. The predicted molar refractivity (Wildman–Crippen MR) is 133 cm³/mol. The van der Waals surface area contributed by atoms with Crippen LogP contribution in [0.3, 0.4) is 0 Å². The Balaban J connectivity index is 1.35. The van der Waals surface area contributed by atoms with Crippen LogP contribution in [-0.2, 0) is 29.1 Å². The van der Waals surface area contributed by atoms with Gasteiger partial charge in [0.05, 0.1) is 19.8 Å². The molecule has 0 spiro atoms. The Morgan fingerprint density at radius 2 is 1.89 bits per heavy atom. The Labute approximate surface area is 210 Å². The maximum atomic E-state index is 11.7. The summed E-state index contributed by atoms with van der Waals surface area (Å²) in [6, 6.07) is 13.5. The lowest BCUT2D eigenvalue weighted by Gasteiger charge is -2.05. The molecule has 4 rings (SSSR count). The van der Waals surface area contributed by atoms with Crippen molar-refractivity contribution in [1.82, 2.24) is 19.7 Å². The first kappa shape index (κ1) is 25.0. The molecule has 9 heteroatoms. The van der Waals surface area contributed by atoms with Crippen molar-refractivity contribution in [2.24, 2.45) is 0 Å². The van der Waals surface area contributed by atoms with Crippen LogP contribution in [0.1, 0.15) is 42.8 Å². The van der Waals surface area contributed by atoms with Gasteiger partial charge in [-0.3, -0.25) is 9.48 Å². The van der Waals surface area contributed by atoms with Crippen LogP contribution in [0.5, 0.6) is 11.8 Å². The minimum atomic E-state index is -0.232. The SMILES string of the molecule is CCOC(=O)CCc1cn(Cc2ccc(OCc3nc(-c4ccccc4)oc3C)nc2)nc1OCC. The Morgan fingerprint density at radius 3 is 2.61 bits per heavy atom. The number of carbonyl (C=O) groups is 1. The van der Waals surface area contributed by atoms with Gasteiger partial charge in [0.1, 0.15) is 18.1 Å². The van der Waals surface area contributed by atoms with E-state index in [4.69, 9.17) is 18.6 Å². The van der Waals surface area contributed by atoms with E-state index in [1.165, 1.54) is 0 Å². The van der Waals surface area contributed by atoms with Crippen LogP contribution < -0.4 is 9.47 Å². The van der Waals surface area contributed by atoms with Crippen molar-refractivity contribution in [2.45, 2.75) is 46.8 Å². The monoisotopic (exact) mass is 490 g/mol. The number of esters is 1. The van der Waals surface area contributed by atoms with Gasteiger partial charge in [0.2, 0.25) is 17.7 Å². The third kappa shape index (κ3) is 6.50. The van der Waals surface area contributed by atoms with Gasteiger partial charge in [-0.2, -0.15) is 0 Å². The Hall–Kier alpha value is -4.14. The molecule has 0 atom stereocenters. The van der Waals surface area contributed by atoms with Crippen LogP contribution in [0.4, 0.5) is 0 Å². The molecule has 0 unspecified atom stereocenters. The molecule has 4 aromatic rings. The molecule has 0 aliphatic rings. The molecule has 0 aliphatic carbocycles. The number of carbonyl (C=O) groups excluding carboxylic acids is 1. The van der Waals surface area contributed by atoms with Crippen LogP contribution in [0.2, 0.25) is 0 Å². The number of hydrogen-bond acceptors (Lipinski definition) is 8. The van der Waals surface area contributed by atoms with Crippen LogP contribution in [0, 0.1) is 6.92 Å². The quantitative estimate of drug-likeness (QED) is 0.262. The number of aryl methyl sites for hydroxylation is 2.